The van der Waals surface area contributed by atoms with E-state index >= 15 is 0 Å². The van der Waals surface area contributed by atoms with Crippen LogP contribution in [0.4, 0.5) is 0 Å². The lowest BCUT2D eigenvalue weighted by atomic mass is 9.98. The Kier molecular flexibility index (Phi) is 25.8. The van der Waals surface area contributed by atoms with Crippen LogP contribution >= 0.6 is 0 Å². The Morgan fingerprint density at radius 3 is 1.23 bits per heavy atom. The summed E-state index contributed by atoms with van der Waals surface area (Å²) in [5.41, 5.74) is 0. The molecule has 0 saturated heterocycles. The molecule has 2 heteroatoms. The predicted molar refractivity (Wildman–Crippen MR) is 135 cm³/mol. The molecule has 30 heavy (non-hydrogen) atoms. The fraction of sp³-hybridized carbons (Fsp3) is 1.00. The first-order chi connectivity index (χ1) is 14.1. The highest BCUT2D eigenvalue weighted by molar-refractivity contribution is 4.57. The van der Waals surface area contributed by atoms with Crippen LogP contribution in [0, 0.1) is 5.92 Å². The van der Waals surface area contributed by atoms with E-state index in [1.54, 1.807) is 0 Å². The number of rotatable bonds is 23. The highest BCUT2D eigenvalue weighted by Gasteiger charge is 2.20. The van der Waals surface area contributed by atoms with Crippen molar-refractivity contribution in [1.29, 1.82) is 0 Å². The van der Waals surface area contributed by atoms with Crippen molar-refractivity contribution < 1.29 is 16.9 Å². The maximum atomic E-state index is 2.46. The average molecular weight is 446 g/mol. The standard InChI is InChI=1S/C28H60N.ClH/c1-6-9-11-12-13-14-15-16-17-18-19-20-21-22-23-24-26-29(4,5)27-28(8-3)25-10-7-2;/h28H,6-27H2,1-5H3;1H/q+1;/p-1. The summed E-state index contributed by atoms with van der Waals surface area (Å²) in [6, 6.07) is 0. The van der Waals surface area contributed by atoms with Gasteiger partial charge in [-0.2, -0.15) is 0 Å². The number of hydrogen-bond donors (Lipinski definition) is 0. The van der Waals surface area contributed by atoms with Gasteiger partial charge in [0.25, 0.3) is 0 Å². The van der Waals surface area contributed by atoms with E-state index in [1.807, 2.05) is 0 Å². The molecule has 0 fully saturated rings. The van der Waals surface area contributed by atoms with Gasteiger partial charge in [-0.15, -0.1) is 0 Å². The molecule has 0 rings (SSSR count). The number of unbranched alkanes of at least 4 members (excludes halogenated alkanes) is 16. The van der Waals surface area contributed by atoms with Crippen LogP contribution in [0.2, 0.25) is 0 Å². The molecule has 0 N–H and O–H groups in total. The largest absolute Gasteiger partial charge is 1.00 e. The summed E-state index contributed by atoms with van der Waals surface area (Å²) < 4.78 is 1.24. The molecule has 0 aromatic rings. The van der Waals surface area contributed by atoms with Gasteiger partial charge in [0, 0.05) is 5.92 Å². The van der Waals surface area contributed by atoms with E-state index in [1.165, 1.54) is 146 Å². The van der Waals surface area contributed by atoms with Crippen molar-refractivity contribution in [3.05, 3.63) is 0 Å². The third-order valence-corrected chi connectivity index (χ3v) is 6.91. The lowest BCUT2D eigenvalue weighted by Crippen LogP contribution is -3.00. The minimum atomic E-state index is 0. The lowest BCUT2D eigenvalue weighted by Gasteiger charge is -2.33. The molecule has 0 radical (unpaired) electrons. The zero-order valence-corrected chi connectivity index (χ0v) is 22.7. The topological polar surface area (TPSA) is 0 Å². The second-order valence-corrected chi connectivity index (χ2v) is 10.6. The molecule has 0 aromatic heterocycles. The fourth-order valence-corrected chi connectivity index (χ4v) is 4.80. The average Bonchev–Trinajstić information content (AvgIpc) is 2.70. The van der Waals surface area contributed by atoms with Gasteiger partial charge in [-0.25, -0.2) is 0 Å². The van der Waals surface area contributed by atoms with Gasteiger partial charge in [0.05, 0.1) is 27.2 Å². The van der Waals surface area contributed by atoms with Crippen LogP contribution in [0.5, 0.6) is 0 Å². The summed E-state index contributed by atoms with van der Waals surface area (Å²) in [6.45, 7) is 9.77. The molecule has 184 valence electrons. The summed E-state index contributed by atoms with van der Waals surface area (Å²) in [5.74, 6) is 0.936. The van der Waals surface area contributed by atoms with Crippen LogP contribution in [0.25, 0.3) is 0 Å². The first-order valence-electron chi connectivity index (χ1n) is 13.9. The van der Waals surface area contributed by atoms with Gasteiger partial charge < -0.3 is 16.9 Å². The van der Waals surface area contributed by atoms with Crippen molar-refractivity contribution in [3.8, 4) is 0 Å². The van der Waals surface area contributed by atoms with Crippen LogP contribution in [0.1, 0.15) is 149 Å². The highest BCUT2D eigenvalue weighted by atomic mass is 35.5. The first-order valence-corrected chi connectivity index (χ1v) is 13.9. The Morgan fingerprint density at radius 2 is 0.867 bits per heavy atom. The van der Waals surface area contributed by atoms with Crippen molar-refractivity contribution >= 4 is 0 Å². The second kappa shape index (κ2) is 23.9. The summed E-state index contributed by atoms with van der Waals surface area (Å²) in [5, 5.41) is 0. The predicted octanol–water partition coefficient (Wildman–Crippen LogP) is 6.54. The molecule has 0 bridgehead atoms. The summed E-state index contributed by atoms with van der Waals surface area (Å²) in [6.07, 6.45) is 29.0. The summed E-state index contributed by atoms with van der Waals surface area (Å²) >= 11 is 0. The summed E-state index contributed by atoms with van der Waals surface area (Å²) in [7, 11) is 4.92. The Bertz CT molecular complexity index is 316. The monoisotopic (exact) mass is 445 g/mol. The van der Waals surface area contributed by atoms with Gasteiger partial charge in [-0.05, 0) is 25.7 Å². The zero-order valence-electron chi connectivity index (χ0n) is 22.0. The van der Waals surface area contributed by atoms with Gasteiger partial charge in [-0.3, -0.25) is 0 Å². The number of hydrogen-bond acceptors (Lipinski definition) is 0. The molecule has 0 aliphatic rings. The van der Waals surface area contributed by atoms with Gasteiger partial charge >= 0.3 is 0 Å². The van der Waals surface area contributed by atoms with E-state index in [9.17, 15) is 0 Å². The quantitative estimate of drug-likeness (QED) is 0.123. The van der Waals surface area contributed by atoms with Crippen LogP contribution in [-0.2, 0) is 0 Å². The Morgan fingerprint density at radius 1 is 0.500 bits per heavy atom. The molecule has 0 spiro atoms. The zero-order chi connectivity index (χ0) is 21.6. The minimum absolute atomic E-state index is 0. The Balaban J connectivity index is 0. The van der Waals surface area contributed by atoms with Crippen molar-refractivity contribution in [2.75, 3.05) is 27.2 Å². The number of nitrogens with zero attached hydrogens (tertiary/aromatic N) is 1. The van der Waals surface area contributed by atoms with E-state index in [0.29, 0.717) is 0 Å². The molecule has 0 aromatic carbocycles. The minimum Gasteiger partial charge on any atom is -1.00 e. The van der Waals surface area contributed by atoms with Crippen molar-refractivity contribution in [2.45, 2.75) is 149 Å². The number of quaternary nitrogens is 1. The molecule has 0 amide bonds. The summed E-state index contributed by atoms with van der Waals surface area (Å²) in [4.78, 5) is 0. The molecule has 1 nitrogen and oxygen atoms in total. The molecule has 0 saturated carbocycles. The van der Waals surface area contributed by atoms with Crippen LogP contribution in [0.15, 0.2) is 0 Å². The molecule has 0 heterocycles. The molecule has 1 unspecified atom stereocenters. The maximum absolute atomic E-state index is 2.46. The Hall–Kier alpha value is 0.250. The SMILES string of the molecule is CCCCCCCCCCCCCCCCCC[N+](C)(C)CC(CC)CCCC.[Cl-]. The third kappa shape index (κ3) is 22.9. The van der Waals surface area contributed by atoms with Gasteiger partial charge in [-0.1, -0.05) is 124 Å². The Labute approximate surface area is 199 Å². The van der Waals surface area contributed by atoms with Crippen LogP contribution in [-0.4, -0.2) is 31.7 Å². The normalized spacial score (nSPS) is 12.7. The van der Waals surface area contributed by atoms with Crippen molar-refractivity contribution in [3.63, 3.8) is 0 Å². The third-order valence-electron chi connectivity index (χ3n) is 6.91. The molecule has 0 aliphatic carbocycles. The maximum Gasteiger partial charge on any atom is 0.0810 e. The van der Waals surface area contributed by atoms with E-state index in [4.69, 9.17) is 0 Å². The second-order valence-electron chi connectivity index (χ2n) is 10.6. The van der Waals surface area contributed by atoms with Gasteiger partial charge in [0.2, 0.25) is 0 Å². The molecule has 0 aliphatic heterocycles. The number of halogens is 1. The fourth-order valence-electron chi connectivity index (χ4n) is 4.80. The van der Waals surface area contributed by atoms with E-state index in [-0.39, 0.29) is 12.4 Å². The van der Waals surface area contributed by atoms with Crippen LogP contribution in [0.3, 0.4) is 0 Å². The van der Waals surface area contributed by atoms with E-state index < -0.39 is 0 Å². The van der Waals surface area contributed by atoms with E-state index in [2.05, 4.69) is 34.9 Å². The lowest BCUT2D eigenvalue weighted by molar-refractivity contribution is -0.894. The van der Waals surface area contributed by atoms with Gasteiger partial charge in [0.1, 0.15) is 0 Å². The molecule has 1 atom stereocenters. The molecular weight excluding hydrogens is 386 g/mol. The van der Waals surface area contributed by atoms with Crippen molar-refractivity contribution in [2.24, 2.45) is 5.92 Å². The highest BCUT2D eigenvalue weighted by Crippen LogP contribution is 2.18. The van der Waals surface area contributed by atoms with Crippen LogP contribution < -0.4 is 12.4 Å². The molecular formula is C28H60ClN. The van der Waals surface area contributed by atoms with Crippen molar-refractivity contribution in [1.82, 2.24) is 0 Å². The van der Waals surface area contributed by atoms with E-state index in [0.717, 1.165) is 5.92 Å². The first kappa shape index (κ1) is 32.4. The van der Waals surface area contributed by atoms with Gasteiger partial charge in [0.15, 0.2) is 0 Å². The smallest absolute Gasteiger partial charge is 0.0810 e.